The zero-order valence-electron chi connectivity index (χ0n) is 33.5. The third-order valence-corrected chi connectivity index (χ3v) is 14.0. The van der Waals surface area contributed by atoms with Gasteiger partial charge in [-0.25, -0.2) is 0 Å². The fourth-order valence-corrected chi connectivity index (χ4v) is 11.3. The Hall–Kier alpha value is -1.38. The van der Waals surface area contributed by atoms with Gasteiger partial charge in [-0.3, -0.25) is 9.35 Å². The predicted molar refractivity (Wildman–Crippen MR) is 204 cm³/mol. The average Bonchev–Trinajstić information content (AvgIpc) is 3.82. The quantitative estimate of drug-likeness (QED) is 0.276. The van der Waals surface area contributed by atoms with E-state index in [2.05, 4.69) is 20.1 Å². The minimum Gasteiger partial charge on any atom is -0.392 e. The number of nitrogens with two attached hydrogens (primary N) is 1. The second-order valence-electron chi connectivity index (χ2n) is 18.2. The minimum atomic E-state index is -3.67. The maximum atomic E-state index is 14.1. The second-order valence-corrected chi connectivity index (χ2v) is 19.6. The van der Waals surface area contributed by atoms with Crippen LogP contribution in [-0.4, -0.2) is 147 Å². The highest BCUT2D eigenvalue weighted by Crippen LogP contribution is 2.54. The van der Waals surface area contributed by atoms with Gasteiger partial charge in [-0.1, -0.05) is 20.1 Å². The minimum absolute atomic E-state index is 0.0158. The fraction of sp³-hybridized carbons (Fsp3) is 0.878. The van der Waals surface area contributed by atoms with Crippen LogP contribution in [0, 0.1) is 11.8 Å². The van der Waals surface area contributed by atoms with E-state index in [-0.39, 0.29) is 122 Å². The fourth-order valence-electron chi connectivity index (χ4n) is 11.3. The Kier molecular flexibility index (Phi) is 12.5. The van der Waals surface area contributed by atoms with Crippen molar-refractivity contribution in [3.05, 3.63) is 24.3 Å². The summed E-state index contributed by atoms with van der Waals surface area (Å²) in [7, 11) is -2.01. The first kappa shape index (κ1) is 42.3. The molecule has 0 saturated carbocycles. The third kappa shape index (κ3) is 9.00. The molecule has 16 heteroatoms. The molecule has 15 nitrogen and oxygen atoms in total. The molecule has 10 aliphatic rings. The van der Waals surface area contributed by atoms with E-state index in [0.717, 1.165) is 56.1 Å². The maximum Gasteiger partial charge on any atom is 0.261 e. The Bertz CT molecular complexity index is 1600. The third-order valence-electron chi connectivity index (χ3n) is 14.0. The van der Waals surface area contributed by atoms with Gasteiger partial charge in [-0.15, -0.1) is 0 Å². The van der Waals surface area contributed by atoms with E-state index < -0.39 is 28.1 Å². The Morgan fingerprint density at radius 3 is 2.26 bits per heavy atom. The highest BCUT2D eigenvalue weighted by molar-refractivity contribution is 7.85. The van der Waals surface area contributed by atoms with Crippen molar-refractivity contribution in [1.29, 1.82) is 0 Å². The zero-order chi connectivity index (χ0) is 40.4. The van der Waals surface area contributed by atoms with Gasteiger partial charge in [0.05, 0.1) is 73.4 Å². The standard InChI is InChI=1S/C40H59NO11.CH4O3S/c1-19-11-24-5-7-28-20(2)12-26(45-28)9-10-40-17-33-36(51-40)37-38(50-33)39(52-40)35-29(49-37)8-6-25(47-35)13-22(42)14-27-31(16-30(46-24)21(19)3)48-32(34(27)44-4)15-23(43)18-41;1-5(2,3)4/h19,23-39,43H,2-3,5-18,41H2,1,4H3;1H3,(H,2,3,4)/t19-,23+,24+,25-,26+,27+,28+,29+,30?,31+,32-,33-,34-,35+,36+,37?,38+,39+,40+;/m1./s1. The van der Waals surface area contributed by atoms with Crippen molar-refractivity contribution < 1.29 is 65.5 Å². The lowest BCUT2D eigenvalue weighted by molar-refractivity contribution is -0.292. The number of carbonyl (C=O) groups is 1. The van der Waals surface area contributed by atoms with Crippen LogP contribution in [0.15, 0.2) is 24.3 Å². The Morgan fingerprint density at radius 1 is 0.825 bits per heavy atom. The van der Waals surface area contributed by atoms with Crippen LogP contribution in [0.5, 0.6) is 0 Å². The van der Waals surface area contributed by atoms with Gasteiger partial charge >= 0.3 is 0 Å². The largest absolute Gasteiger partial charge is 0.392 e. The van der Waals surface area contributed by atoms with Gasteiger partial charge < -0.3 is 53.5 Å². The van der Waals surface area contributed by atoms with Gasteiger partial charge in [-0.2, -0.15) is 8.42 Å². The van der Waals surface area contributed by atoms with Gasteiger partial charge in [0.25, 0.3) is 10.1 Å². The molecule has 57 heavy (non-hydrogen) atoms. The number of hydrogen-bond donors (Lipinski definition) is 3. The molecule has 322 valence electrons. The Morgan fingerprint density at radius 2 is 1.51 bits per heavy atom. The van der Waals surface area contributed by atoms with Crippen molar-refractivity contribution in [1.82, 2.24) is 0 Å². The molecule has 4 N–H and O–H groups in total. The van der Waals surface area contributed by atoms with Crippen LogP contribution in [0.4, 0.5) is 0 Å². The van der Waals surface area contributed by atoms with Crippen molar-refractivity contribution in [2.24, 2.45) is 17.6 Å². The molecule has 12 bridgehead atoms. The normalized spacial score (nSPS) is 48.8. The van der Waals surface area contributed by atoms with Crippen molar-refractivity contribution >= 4 is 15.9 Å². The van der Waals surface area contributed by atoms with Crippen LogP contribution in [-0.2, 0) is 57.5 Å². The molecule has 1 spiro atoms. The highest BCUT2D eigenvalue weighted by atomic mass is 32.2. The number of Topliss-reactive ketones (excluding diaryl/α,β-unsaturated/α-hetero) is 1. The predicted octanol–water partition coefficient (Wildman–Crippen LogP) is 2.94. The van der Waals surface area contributed by atoms with Crippen LogP contribution in [0.1, 0.15) is 90.4 Å². The molecule has 2 unspecified atom stereocenters. The molecule has 10 rings (SSSR count). The summed E-state index contributed by atoms with van der Waals surface area (Å²) < 4.78 is 85.9. The van der Waals surface area contributed by atoms with E-state index in [9.17, 15) is 18.3 Å². The van der Waals surface area contributed by atoms with Crippen LogP contribution in [0.3, 0.4) is 0 Å². The number of aliphatic hydroxyl groups excluding tert-OH is 1. The van der Waals surface area contributed by atoms with E-state index >= 15 is 0 Å². The summed E-state index contributed by atoms with van der Waals surface area (Å²) in [5.74, 6) is -0.619. The summed E-state index contributed by atoms with van der Waals surface area (Å²) >= 11 is 0. The van der Waals surface area contributed by atoms with E-state index in [1.165, 1.54) is 0 Å². The molecule has 10 fully saturated rings. The molecule has 0 amide bonds. The molecule has 0 aromatic carbocycles. The first-order valence-electron chi connectivity index (χ1n) is 21.1. The number of aliphatic hydroxyl groups is 1. The molecular formula is C41H63NO14S. The molecule has 0 aromatic heterocycles. The highest BCUT2D eigenvalue weighted by Gasteiger charge is 2.68. The lowest BCUT2D eigenvalue weighted by Gasteiger charge is -2.47. The lowest BCUT2D eigenvalue weighted by Crippen LogP contribution is -2.61. The van der Waals surface area contributed by atoms with E-state index in [1.807, 2.05) is 0 Å². The summed E-state index contributed by atoms with van der Waals surface area (Å²) in [6.45, 7) is 11.3. The zero-order valence-corrected chi connectivity index (χ0v) is 34.3. The molecule has 10 saturated heterocycles. The number of fused-ring (bicyclic) bond motifs is 6. The van der Waals surface area contributed by atoms with Gasteiger partial charge in [-0.05, 0) is 62.0 Å². The van der Waals surface area contributed by atoms with Crippen LogP contribution < -0.4 is 5.73 Å². The Labute approximate surface area is 336 Å². The number of rotatable bonds is 4. The van der Waals surface area contributed by atoms with Crippen LogP contribution in [0.2, 0.25) is 0 Å². The van der Waals surface area contributed by atoms with Crippen molar-refractivity contribution in [3.63, 3.8) is 0 Å². The molecule has 10 aliphatic heterocycles. The second kappa shape index (κ2) is 16.8. The smallest absolute Gasteiger partial charge is 0.261 e. The summed E-state index contributed by atoms with van der Waals surface area (Å²) in [6.07, 6.45) is 5.57. The lowest BCUT2D eigenvalue weighted by atomic mass is 9.81. The average molecular weight is 826 g/mol. The number of ether oxygens (including phenoxy) is 9. The van der Waals surface area contributed by atoms with Crippen molar-refractivity contribution in [3.8, 4) is 0 Å². The number of ketones is 1. The number of carbonyl (C=O) groups excluding carboxylic acids is 1. The van der Waals surface area contributed by atoms with Gasteiger partial charge in [0.15, 0.2) is 5.79 Å². The molecule has 0 aliphatic carbocycles. The van der Waals surface area contributed by atoms with Crippen molar-refractivity contribution in [2.45, 2.75) is 194 Å². The van der Waals surface area contributed by atoms with Crippen LogP contribution in [0.25, 0.3) is 0 Å². The SMILES string of the molecule is C=C1C2C[C@@H]3O[C@H](C[C@H](O)CN)[C@H](OC)[C@H]3CC(=O)C[C@H]3CC[C@@H]4OC5[C@H]6O[C@]7(CC[C@H]8CC(=C)[C@H](CC[C@@H](C[C@H]1C)O2)O8)C[C@H]6O[C@@H]5[C@@H](O7)[C@H]4O3.CS(=O)(=O)O. The monoisotopic (exact) mass is 825 g/mol. The topological polar surface area (TPSA) is 201 Å². The first-order valence-corrected chi connectivity index (χ1v) is 22.9. The number of hydrogen-bond acceptors (Lipinski definition) is 14. The summed E-state index contributed by atoms with van der Waals surface area (Å²) in [5.41, 5.74) is 8.01. The molecule has 0 aromatic rings. The van der Waals surface area contributed by atoms with Gasteiger partial charge in [0, 0.05) is 58.1 Å². The molecule has 19 atom stereocenters. The molecule has 0 radical (unpaired) electrons. The first-order chi connectivity index (χ1) is 27.1. The Balaban J connectivity index is 0.000000859. The van der Waals surface area contributed by atoms with E-state index in [4.69, 9.17) is 52.9 Å². The number of methoxy groups -OCH3 is 1. The van der Waals surface area contributed by atoms with Crippen molar-refractivity contribution in [2.75, 3.05) is 19.9 Å². The van der Waals surface area contributed by atoms with Crippen LogP contribution >= 0.6 is 0 Å². The van der Waals surface area contributed by atoms with Gasteiger partial charge in [0.1, 0.15) is 36.3 Å². The molecular weight excluding hydrogens is 763 g/mol. The van der Waals surface area contributed by atoms with Gasteiger partial charge in [0.2, 0.25) is 0 Å². The molecule has 10 heterocycles. The summed E-state index contributed by atoms with van der Waals surface area (Å²) in [4.78, 5) is 14.1. The summed E-state index contributed by atoms with van der Waals surface area (Å²) in [6, 6.07) is 0. The van der Waals surface area contributed by atoms with E-state index in [0.29, 0.717) is 31.9 Å². The maximum absolute atomic E-state index is 14.1. The van der Waals surface area contributed by atoms with E-state index in [1.54, 1.807) is 7.11 Å². The summed E-state index contributed by atoms with van der Waals surface area (Å²) in [5, 5.41) is 10.5.